The van der Waals surface area contributed by atoms with Gasteiger partial charge in [-0.05, 0) is 47.5 Å². The molecule has 0 heterocycles. The Balaban J connectivity index is 1.82. The third-order valence-corrected chi connectivity index (χ3v) is 4.38. The van der Waals surface area contributed by atoms with E-state index in [1.54, 1.807) is 0 Å². The zero-order valence-corrected chi connectivity index (χ0v) is 15.9. The van der Waals surface area contributed by atoms with Crippen LogP contribution in [-0.4, -0.2) is 12.4 Å². The molecule has 3 rings (SSSR count). The fraction of sp³-hybridized carbons (Fsp3) is 0. The lowest BCUT2D eigenvalue weighted by Gasteiger charge is -2.00. The van der Waals surface area contributed by atoms with Crippen molar-refractivity contribution in [2.24, 2.45) is 9.98 Å². The van der Waals surface area contributed by atoms with Crippen LogP contribution in [0.15, 0.2) is 91.7 Å². The van der Waals surface area contributed by atoms with Crippen LogP contribution in [0.1, 0.15) is 11.1 Å². The average molecular weight is 442 g/mol. The lowest BCUT2D eigenvalue weighted by molar-refractivity contribution is 1.45. The Kier molecular flexibility index (Phi) is 5.72. The smallest absolute Gasteiger partial charge is 0.0886 e. The van der Waals surface area contributed by atoms with Crippen LogP contribution in [0.25, 0.3) is 0 Å². The van der Waals surface area contributed by atoms with E-state index >= 15 is 0 Å². The fourth-order valence-electron chi connectivity index (χ4n) is 2.07. The van der Waals surface area contributed by atoms with E-state index in [1.165, 1.54) is 0 Å². The Hall–Kier alpha value is -2.04. The number of benzene rings is 3. The molecule has 0 aliphatic carbocycles. The Bertz CT molecular complexity index is 792. The van der Waals surface area contributed by atoms with Gasteiger partial charge in [-0.2, -0.15) is 0 Å². The van der Waals surface area contributed by atoms with Gasteiger partial charge in [-0.3, -0.25) is 9.98 Å². The highest BCUT2D eigenvalue weighted by Crippen LogP contribution is 2.27. The summed E-state index contributed by atoms with van der Waals surface area (Å²) in [7, 11) is 0. The van der Waals surface area contributed by atoms with E-state index in [9.17, 15) is 0 Å². The standard InChI is InChI=1S/C20H14Br2N2/c21-17-9-5-15(6-10-17)13-23-19-3-1-2-4-20(19)24-14-16-7-11-18(22)12-8-16/h1-14H. The average Bonchev–Trinajstić information content (AvgIpc) is 2.61. The van der Waals surface area contributed by atoms with Gasteiger partial charge in [-0.1, -0.05) is 68.3 Å². The molecule has 0 radical (unpaired) electrons. The molecule has 118 valence electrons. The summed E-state index contributed by atoms with van der Waals surface area (Å²) in [6.45, 7) is 0. The monoisotopic (exact) mass is 440 g/mol. The number of aliphatic imine (C=N–C) groups is 2. The quantitative estimate of drug-likeness (QED) is 0.402. The Morgan fingerprint density at radius 2 is 0.917 bits per heavy atom. The van der Waals surface area contributed by atoms with Gasteiger partial charge in [0.15, 0.2) is 0 Å². The number of rotatable bonds is 4. The largest absolute Gasteiger partial charge is 0.254 e. The van der Waals surface area contributed by atoms with Crippen LogP contribution < -0.4 is 0 Å². The van der Waals surface area contributed by atoms with Crippen LogP contribution in [0.2, 0.25) is 0 Å². The molecule has 0 spiro atoms. The molecule has 3 aromatic carbocycles. The second kappa shape index (κ2) is 8.18. The van der Waals surface area contributed by atoms with Gasteiger partial charge < -0.3 is 0 Å². The van der Waals surface area contributed by atoms with Gasteiger partial charge in [0, 0.05) is 21.4 Å². The minimum atomic E-state index is 0.841. The molecule has 0 N–H and O–H groups in total. The summed E-state index contributed by atoms with van der Waals surface area (Å²) in [5.41, 5.74) is 3.78. The molecule has 0 aliphatic heterocycles. The van der Waals surface area contributed by atoms with Crippen molar-refractivity contribution in [3.63, 3.8) is 0 Å². The maximum absolute atomic E-state index is 4.57. The second-order valence-corrected chi connectivity index (χ2v) is 6.94. The first-order valence-corrected chi connectivity index (χ1v) is 8.98. The molecule has 0 bridgehead atoms. The Morgan fingerprint density at radius 3 is 1.29 bits per heavy atom. The summed E-state index contributed by atoms with van der Waals surface area (Å²) in [5, 5.41) is 0. The fourth-order valence-corrected chi connectivity index (χ4v) is 2.60. The molecule has 0 saturated heterocycles. The molecular formula is C20H14Br2N2. The van der Waals surface area contributed by atoms with Crippen LogP contribution >= 0.6 is 31.9 Å². The molecule has 3 aromatic rings. The first-order chi connectivity index (χ1) is 11.7. The molecule has 0 aliphatic rings. The van der Waals surface area contributed by atoms with Gasteiger partial charge in [0.2, 0.25) is 0 Å². The van der Waals surface area contributed by atoms with Crippen LogP contribution in [0.4, 0.5) is 11.4 Å². The summed E-state index contributed by atoms with van der Waals surface area (Å²) in [6.07, 6.45) is 3.70. The van der Waals surface area contributed by atoms with E-state index in [-0.39, 0.29) is 0 Å². The van der Waals surface area contributed by atoms with Gasteiger partial charge in [0.25, 0.3) is 0 Å². The zero-order chi connectivity index (χ0) is 16.8. The van der Waals surface area contributed by atoms with Crippen LogP contribution in [-0.2, 0) is 0 Å². The minimum absolute atomic E-state index is 0.841. The highest BCUT2D eigenvalue weighted by atomic mass is 79.9. The van der Waals surface area contributed by atoms with Gasteiger partial charge >= 0.3 is 0 Å². The molecule has 0 aromatic heterocycles. The van der Waals surface area contributed by atoms with Crippen LogP contribution in [0.5, 0.6) is 0 Å². The third kappa shape index (κ3) is 4.73. The van der Waals surface area contributed by atoms with Crippen molar-refractivity contribution in [2.75, 3.05) is 0 Å². The first-order valence-electron chi connectivity index (χ1n) is 7.39. The maximum Gasteiger partial charge on any atom is 0.0886 e. The number of para-hydroxylation sites is 2. The summed E-state index contributed by atoms with van der Waals surface area (Å²) >= 11 is 6.87. The van der Waals surface area contributed by atoms with Gasteiger partial charge in [-0.25, -0.2) is 0 Å². The third-order valence-electron chi connectivity index (χ3n) is 3.33. The lowest BCUT2D eigenvalue weighted by Crippen LogP contribution is -1.81. The van der Waals surface area contributed by atoms with Gasteiger partial charge in [-0.15, -0.1) is 0 Å². The zero-order valence-electron chi connectivity index (χ0n) is 12.7. The van der Waals surface area contributed by atoms with E-state index in [4.69, 9.17) is 0 Å². The van der Waals surface area contributed by atoms with Gasteiger partial charge in [0.05, 0.1) is 11.4 Å². The highest BCUT2D eigenvalue weighted by Gasteiger charge is 1.98. The van der Waals surface area contributed by atoms with Crippen molar-refractivity contribution in [1.29, 1.82) is 0 Å². The maximum atomic E-state index is 4.57. The summed E-state index contributed by atoms with van der Waals surface area (Å²) in [4.78, 5) is 9.14. The molecule has 0 saturated carbocycles. The number of hydrogen-bond donors (Lipinski definition) is 0. The predicted molar refractivity (Wildman–Crippen MR) is 109 cm³/mol. The van der Waals surface area contributed by atoms with Crippen molar-refractivity contribution in [2.45, 2.75) is 0 Å². The van der Waals surface area contributed by atoms with E-state index in [2.05, 4.69) is 41.8 Å². The summed E-state index contributed by atoms with van der Waals surface area (Å²) in [5.74, 6) is 0. The Labute approximate surface area is 158 Å². The summed E-state index contributed by atoms with van der Waals surface area (Å²) < 4.78 is 2.11. The first kappa shape index (κ1) is 16.8. The molecule has 4 heteroatoms. The molecular weight excluding hydrogens is 428 g/mol. The van der Waals surface area contributed by atoms with Gasteiger partial charge in [0.1, 0.15) is 0 Å². The molecule has 0 atom stereocenters. The van der Waals surface area contributed by atoms with Crippen molar-refractivity contribution >= 4 is 55.7 Å². The highest BCUT2D eigenvalue weighted by molar-refractivity contribution is 9.10. The van der Waals surface area contributed by atoms with Crippen molar-refractivity contribution in [1.82, 2.24) is 0 Å². The van der Waals surface area contributed by atoms with Crippen molar-refractivity contribution < 1.29 is 0 Å². The normalized spacial score (nSPS) is 11.4. The molecule has 2 nitrogen and oxygen atoms in total. The SMILES string of the molecule is Brc1ccc(C=Nc2ccccc2N=Cc2ccc(Br)cc2)cc1. The van der Waals surface area contributed by atoms with Crippen molar-refractivity contribution in [3.05, 3.63) is 92.9 Å². The lowest BCUT2D eigenvalue weighted by atomic mass is 10.2. The molecule has 0 amide bonds. The molecule has 24 heavy (non-hydrogen) atoms. The van der Waals surface area contributed by atoms with E-state index in [0.717, 1.165) is 31.4 Å². The van der Waals surface area contributed by atoms with E-state index in [0.29, 0.717) is 0 Å². The van der Waals surface area contributed by atoms with Crippen LogP contribution in [0.3, 0.4) is 0 Å². The van der Waals surface area contributed by atoms with Crippen molar-refractivity contribution in [3.8, 4) is 0 Å². The second-order valence-electron chi connectivity index (χ2n) is 5.11. The number of nitrogens with zero attached hydrogens (tertiary/aromatic N) is 2. The minimum Gasteiger partial charge on any atom is -0.254 e. The number of hydrogen-bond acceptors (Lipinski definition) is 2. The molecule has 0 fully saturated rings. The van der Waals surface area contributed by atoms with E-state index in [1.807, 2.05) is 85.2 Å². The number of halogens is 2. The topological polar surface area (TPSA) is 24.7 Å². The Morgan fingerprint density at radius 1 is 0.542 bits per heavy atom. The summed E-state index contributed by atoms with van der Waals surface area (Å²) in [6, 6.07) is 23.9. The predicted octanol–water partition coefficient (Wildman–Crippen LogP) is 6.71. The van der Waals surface area contributed by atoms with E-state index < -0.39 is 0 Å². The van der Waals surface area contributed by atoms with Crippen LogP contribution in [0, 0.1) is 0 Å². The molecule has 0 unspecified atom stereocenters.